The van der Waals surface area contributed by atoms with Crippen LogP contribution >= 0.6 is 12.4 Å². The Kier molecular flexibility index (Phi) is 7.17. The van der Waals surface area contributed by atoms with E-state index in [1.807, 2.05) is 13.8 Å². The molecule has 0 aliphatic heterocycles. The van der Waals surface area contributed by atoms with Crippen LogP contribution < -0.4 is 5.73 Å². The number of nitrogens with zero attached hydrogens (tertiary/aromatic N) is 2. The van der Waals surface area contributed by atoms with Crippen molar-refractivity contribution in [3.8, 4) is 0 Å². The SMILES string of the molecule is CC(C)C(N)C(=O)N(C)Cc1ccccc1[N+](=O)[O-].Cl. The molecule has 0 saturated carbocycles. The third kappa shape index (κ3) is 4.47. The maximum Gasteiger partial charge on any atom is 0.274 e. The minimum Gasteiger partial charge on any atom is -0.340 e. The molecule has 20 heavy (non-hydrogen) atoms. The van der Waals surface area contributed by atoms with Gasteiger partial charge in [0.2, 0.25) is 5.91 Å². The largest absolute Gasteiger partial charge is 0.340 e. The molecule has 0 aliphatic carbocycles. The fourth-order valence-electron chi connectivity index (χ4n) is 1.70. The molecule has 0 aliphatic rings. The molecule has 0 fully saturated rings. The molecule has 0 saturated heterocycles. The van der Waals surface area contributed by atoms with Crippen LogP contribution in [0.3, 0.4) is 0 Å². The Morgan fingerprint density at radius 1 is 1.40 bits per heavy atom. The summed E-state index contributed by atoms with van der Waals surface area (Å²) in [6, 6.07) is 5.79. The summed E-state index contributed by atoms with van der Waals surface area (Å²) in [5, 5.41) is 10.9. The molecule has 1 atom stereocenters. The van der Waals surface area contributed by atoms with Crippen LogP contribution in [0.4, 0.5) is 5.69 Å². The van der Waals surface area contributed by atoms with E-state index < -0.39 is 11.0 Å². The molecular weight excluding hydrogens is 282 g/mol. The van der Waals surface area contributed by atoms with Crippen LogP contribution in [0.5, 0.6) is 0 Å². The van der Waals surface area contributed by atoms with Crippen LogP contribution in [-0.4, -0.2) is 28.8 Å². The number of rotatable bonds is 5. The molecule has 1 aromatic rings. The molecule has 1 aromatic carbocycles. The fraction of sp³-hybridized carbons (Fsp3) is 0.462. The second-order valence-corrected chi connectivity index (χ2v) is 4.85. The maximum atomic E-state index is 12.0. The predicted octanol–water partition coefficient (Wildman–Crippen LogP) is 1.96. The van der Waals surface area contributed by atoms with E-state index in [2.05, 4.69) is 0 Å². The van der Waals surface area contributed by atoms with Gasteiger partial charge in [-0.3, -0.25) is 14.9 Å². The number of carbonyl (C=O) groups excluding carboxylic acids is 1. The van der Waals surface area contributed by atoms with Gasteiger partial charge in [0.1, 0.15) is 0 Å². The number of hydrogen-bond donors (Lipinski definition) is 1. The Labute approximate surface area is 124 Å². The summed E-state index contributed by atoms with van der Waals surface area (Å²) in [5.74, 6) is -0.186. The van der Waals surface area contributed by atoms with Gasteiger partial charge < -0.3 is 10.6 Å². The Morgan fingerprint density at radius 3 is 2.45 bits per heavy atom. The lowest BCUT2D eigenvalue weighted by molar-refractivity contribution is -0.385. The van der Waals surface area contributed by atoms with Gasteiger partial charge >= 0.3 is 0 Å². The lowest BCUT2D eigenvalue weighted by atomic mass is 10.0. The summed E-state index contributed by atoms with van der Waals surface area (Å²) in [4.78, 5) is 23.9. The van der Waals surface area contributed by atoms with Crippen LogP contribution in [0.1, 0.15) is 19.4 Å². The van der Waals surface area contributed by atoms with E-state index in [0.717, 1.165) is 0 Å². The fourth-order valence-corrected chi connectivity index (χ4v) is 1.70. The van der Waals surface area contributed by atoms with E-state index in [0.29, 0.717) is 5.56 Å². The predicted molar refractivity (Wildman–Crippen MR) is 79.6 cm³/mol. The van der Waals surface area contributed by atoms with Crippen molar-refractivity contribution in [1.29, 1.82) is 0 Å². The van der Waals surface area contributed by atoms with Gasteiger partial charge in [0.15, 0.2) is 0 Å². The molecule has 1 unspecified atom stereocenters. The molecule has 7 heteroatoms. The number of carbonyl (C=O) groups is 1. The van der Waals surface area contributed by atoms with Gasteiger partial charge in [0.05, 0.1) is 17.5 Å². The Morgan fingerprint density at radius 2 is 1.95 bits per heavy atom. The van der Waals surface area contributed by atoms with E-state index in [1.165, 1.54) is 11.0 Å². The van der Waals surface area contributed by atoms with Crippen LogP contribution in [0.15, 0.2) is 24.3 Å². The third-order valence-corrected chi connectivity index (χ3v) is 2.98. The summed E-state index contributed by atoms with van der Waals surface area (Å²) in [5.41, 5.74) is 6.30. The molecule has 112 valence electrons. The minimum atomic E-state index is -0.590. The third-order valence-electron chi connectivity index (χ3n) is 2.98. The van der Waals surface area contributed by atoms with Crippen LogP contribution in [0, 0.1) is 16.0 Å². The van der Waals surface area contributed by atoms with E-state index in [9.17, 15) is 14.9 Å². The van der Waals surface area contributed by atoms with Crippen molar-refractivity contribution in [1.82, 2.24) is 4.90 Å². The van der Waals surface area contributed by atoms with E-state index in [4.69, 9.17) is 5.73 Å². The zero-order valence-corrected chi connectivity index (χ0v) is 12.6. The van der Waals surface area contributed by atoms with Gasteiger partial charge in [0, 0.05) is 18.7 Å². The molecule has 0 spiro atoms. The van der Waals surface area contributed by atoms with Crippen LogP contribution in [-0.2, 0) is 11.3 Å². The molecular formula is C13H20ClN3O3. The highest BCUT2D eigenvalue weighted by molar-refractivity contribution is 5.85. The Bertz CT molecular complexity index is 480. The first-order chi connectivity index (χ1) is 8.84. The first kappa shape index (κ1) is 18.3. The molecule has 2 N–H and O–H groups in total. The lowest BCUT2D eigenvalue weighted by Crippen LogP contribution is -2.44. The molecule has 0 heterocycles. The summed E-state index contributed by atoms with van der Waals surface area (Å²) >= 11 is 0. The van der Waals surface area contributed by atoms with Gasteiger partial charge in [-0.15, -0.1) is 12.4 Å². The summed E-state index contributed by atoms with van der Waals surface area (Å²) in [6.45, 7) is 3.90. The number of nitro benzene ring substituents is 1. The summed E-state index contributed by atoms with van der Waals surface area (Å²) in [6.07, 6.45) is 0. The van der Waals surface area contributed by atoms with Gasteiger partial charge in [-0.05, 0) is 5.92 Å². The van der Waals surface area contributed by atoms with Crippen molar-refractivity contribution < 1.29 is 9.72 Å². The first-order valence-corrected chi connectivity index (χ1v) is 6.07. The number of nitro groups is 1. The standard InChI is InChI=1S/C13H19N3O3.ClH/c1-9(2)12(14)13(17)15(3)8-10-6-4-5-7-11(10)16(18)19;/h4-7,9,12H,8,14H2,1-3H3;1H. The molecule has 0 radical (unpaired) electrons. The Hall–Kier alpha value is -1.66. The first-order valence-electron chi connectivity index (χ1n) is 6.07. The molecule has 1 rings (SSSR count). The number of amides is 1. The van der Waals surface area contributed by atoms with Crippen LogP contribution in [0.2, 0.25) is 0 Å². The average Bonchev–Trinajstić information content (AvgIpc) is 2.37. The number of halogens is 1. The quantitative estimate of drug-likeness (QED) is 0.665. The number of benzene rings is 1. The van der Waals surface area contributed by atoms with Gasteiger partial charge in [-0.2, -0.15) is 0 Å². The summed E-state index contributed by atoms with van der Waals surface area (Å²) in [7, 11) is 1.60. The second-order valence-electron chi connectivity index (χ2n) is 4.85. The van der Waals surface area contributed by atoms with E-state index in [-0.39, 0.29) is 36.5 Å². The highest BCUT2D eigenvalue weighted by Gasteiger charge is 2.23. The van der Waals surface area contributed by atoms with Crippen LogP contribution in [0.25, 0.3) is 0 Å². The minimum absolute atomic E-state index is 0. The topological polar surface area (TPSA) is 89.5 Å². The molecule has 0 bridgehead atoms. The van der Waals surface area contributed by atoms with Crippen molar-refractivity contribution in [2.75, 3.05) is 7.05 Å². The molecule has 1 amide bonds. The van der Waals surface area contributed by atoms with Crippen molar-refractivity contribution in [2.45, 2.75) is 26.4 Å². The monoisotopic (exact) mass is 301 g/mol. The zero-order valence-electron chi connectivity index (χ0n) is 11.8. The maximum absolute atomic E-state index is 12.0. The van der Waals surface area contributed by atoms with Gasteiger partial charge in [-0.25, -0.2) is 0 Å². The Balaban J connectivity index is 0.00000361. The number of nitrogens with two attached hydrogens (primary N) is 1. The second kappa shape index (κ2) is 7.81. The number of hydrogen-bond acceptors (Lipinski definition) is 4. The van der Waals surface area contributed by atoms with E-state index >= 15 is 0 Å². The molecule has 6 nitrogen and oxygen atoms in total. The van der Waals surface area contributed by atoms with Crippen molar-refractivity contribution >= 4 is 24.0 Å². The van der Waals surface area contributed by atoms with Crippen molar-refractivity contribution in [3.63, 3.8) is 0 Å². The summed E-state index contributed by atoms with van der Waals surface area (Å²) < 4.78 is 0. The average molecular weight is 302 g/mol. The smallest absolute Gasteiger partial charge is 0.274 e. The van der Waals surface area contributed by atoms with Crippen molar-refractivity contribution in [3.05, 3.63) is 39.9 Å². The lowest BCUT2D eigenvalue weighted by Gasteiger charge is -2.23. The number of para-hydroxylation sites is 1. The van der Waals surface area contributed by atoms with E-state index in [1.54, 1.807) is 25.2 Å². The molecule has 0 aromatic heterocycles. The van der Waals surface area contributed by atoms with Gasteiger partial charge in [-0.1, -0.05) is 32.0 Å². The number of likely N-dealkylation sites (N-methyl/N-ethyl adjacent to an activating group) is 1. The highest BCUT2D eigenvalue weighted by atomic mass is 35.5. The highest BCUT2D eigenvalue weighted by Crippen LogP contribution is 2.19. The van der Waals surface area contributed by atoms with Gasteiger partial charge in [0.25, 0.3) is 5.69 Å². The zero-order chi connectivity index (χ0) is 14.6. The van der Waals surface area contributed by atoms with Crippen molar-refractivity contribution in [2.24, 2.45) is 11.7 Å². The normalized spacial score (nSPS) is 11.7.